The fraction of sp³-hybridized carbons (Fsp3) is 0.462. The van der Waals surface area contributed by atoms with Crippen LogP contribution < -0.4 is 0 Å². The fourth-order valence-electron chi connectivity index (χ4n) is 1.34. The number of hydrogen-bond acceptors (Lipinski definition) is 2. The average Bonchev–Trinajstić information content (AvgIpc) is 2.26. The van der Waals surface area contributed by atoms with E-state index in [-0.39, 0.29) is 11.3 Å². The molecule has 20 heavy (non-hydrogen) atoms. The van der Waals surface area contributed by atoms with E-state index in [9.17, 15) is 22.1 Å². The number of hydrogen-bond donors (Lipinski definition) is 0. The zero-order chi connectivity index (χ0) is 15.7. The van der Waals surface area contributed by atoms with Gasteiger partial charge in [-0.3, -0.25) is 0 Å². The second-order valence-electron chi connectivity index (χ2n) is 5.20. The Morgan fingerprint density at radius 3 is 2.20 bits per heavy atom. The predicted octanol–water partition coefficient (Wildman–Crippen LogP) is 4.12. The SMILES string of the molecule is C/C(=N/[S+]([O-])C(C)(C)C)c1cccc(C(F)(F)F)c1F. The number of nitrogens with zero attached hydrogens (tertiary/aromatic N) is 1. The van der Waals surface area contributed by atoms with E-state index in [1.807, 2.05) is 0 Å². The summed E-state index contributed by atoms with van der Waals surface area (Å²) in [7, 11) is 0. The van der Waals surface area contributed by atoms with Gasteiger partial charge in [0.05, 0.1) is 11.3 Å². The molecule has 0 bridgehead atoms. The van der Waals surface area contributed by atoms with E-state index >= 15 is 0 Å². The van der Waals surface area contributed by atoms with Crippen molar-refractivity contribution in [3.8, 4) is 0 Å². The first-order valence-electron chi connectivity index (χ1n) is 5.78. The molecule has 0 saturated carbocycles. The number of benzene rings is 1. The first-order chi connectivity index (χ1) is 8.94. The van der Waals surface area contributed by atoms with Crippen LogP contribution in [0.4, 0.5) is 17.6 Å². The van der Waals surface area contributed by atoms with E-state index in [1.54, 1.807) is 20.8 Å². The highest BCUT2D eigenvalue weighted by Crippen LogP contribution is 2.32. The van der Waals surface area contributed by atoms with Gasteiger partial charge in [-0.15, -0.1) is 0 Å². The van der Waals surface area contributed by atoms with Gasteiger partial charge >= 0.3 is 6.18 Å². The molecule has 1 unspecified atom stereocenters. The van der Waals surface area contributed by atoms with E-state index in [1.165, 1.54) is 13.0 Å². The van der Waals surface area contributed by atoms with E-state index in [0.29, 0.717) is 6.07 Å². The molecule has 0 aliphatic heterocycles. The molecule has 1 rings (SSSR count). The van der Waals surface area contributed by atoms with E-state index in [2.05, 4.69) is 4.40 Å². The topological polar surface area (TPSA) is 35.4 Å². The molecule has 0 N–H and O–H groups in total. The highest BCUT2D eigenvalue weighted by atomic mass is 32.2. The van der Waals surface area contributed by atoms with Crippen molar-refractivity contribution < 1.29 is 22.1 Å². The Kier molecular flexibility index (Phi) is 4.86. The molecular weight excluding hydrogens is 294 g/mol. The van der Waals surface area contributed by atoms with Gasteiger partial charge in [0.25, 0.3) is 0 Å². The van der Waals surface area contributed by atoms with E-state index in [4.69, 9.17) is 0 Å². The minimum Gasteiger partial charge on any atom is -0.591 e. The van der Waals surface area contributed by atoms with Crippen LogP contribution in [0.2, 0.25) is 0 Å². The lowest BCUT2D eigenvalue weighted by atomic mass is 10.1. The van der Waals surface area contributed by atoms with Crippen molar-refractivity contribution in [2.24, 2.45) is 4.40 Å². The third-order valence-corrected chi connectivity index (χ3v) is 3.93. The maximum absolute atomic E-state index is 13.9. The molecule has 0 saturated heterocycles. The van der Waals surface area contributed by atoms with Gasteiger partial charge in [0, 0.05) is 5.56 Å². The maximum atomic E-state index is 13.9. The highest BCUT2D eigenvalue weighted by Gasteiger charge is 2.35. The number of alkyl halides is 3. The van der Waals surface area contributed by atoms with Crippen molar-refractivity contribution in [3.05, 3.63) is 35.1 Å². The fourth-order valence-corrected chi connectivity index (χ4v) is 1.96. The van der Waals surface area contributed by atoms with Gasteiger partial charge in [0.1, 0.15) is 21.9 Å². The molecule has 0 spiro atoms. The van der Waals surface area contributed by atoms with Crippen molar-refractivity contribution in [2.75, 3.05) is 0 Å². The minimum absolute atomic E-state index is 0.0261. The summed E-state index contributed by atoms with van der Waals surface area (Å²) >= 11 is -1.66. The summed E-state index contributed by atoms with van der Waals surface area (Å²) < 4.78 is 66.6. The zero-order valence-corrected chi connectivity index (χ0v) is 12.3. The molecule has 1 atom stereocenters. The van der Waals surface area contributed by atoms with Crippen LogP contribution >= 0.6 is 0 Å². The number of halogens is 4. The molecule has 112 valence electrons. The van der Waals surface area contributed by atoms with Gasteiger partial charge in [-0.25, -0.2) is 4.39 Å². The summed E-state index contributed by atoms with van der Waals surface area (Å²) in [6.07, 6.45) is -4.77. The average molecular weight is 309 g/mol. The molecular formula is C13H15F4NOS. The molecule has 0 aliphatic rings. The van der Waals surface area contributed by atoms with Crippen molar-refractivity contribution in [1.29, 1.82) is 0 Å². The monoisotopic (exact) mass is 309 g/mol. The first kappa shape index (κ1) is 17.0. The maximum Gasteiger partial charge on any atom is 0.419 e. The van der Waals surface area contributed by atoms with Gasteiger partial charge in [-0.05, 0) is 33.8 Å². The standard InChI is InChI=1S/C13H15F4NOS/c1-8(18-20(19)12(2,3)4)9-6-5-7-10(11(9)14)13(15,16)17/h5-7H,1-4H3/b18-8-. The smallest absolute Gasteiger partial charge is 0.419 e. The normalized spacial score (nSPS) is 15.3. The molecule has 7 heteroatoms. The lowest BCUT2D eigenvalue weighted by Gasteiger charge is -2.19. The molecule has 0 aliphatic carbocycles. The van der Waals surface area contributed by atoms with E-state index < -0.39 is 33.7 Å². The van der Waals surface area contributed by atoms with Crippen LogP contribution in [0.1, 0.15) is 38.8 Å². The third kappa shape index (κ3) is 3.96. The largest absolute Gasteiger partial charge is 0.591 e. The van der Waals surface area contributed by atoms with Crippen molar-refractivity contribution >= 4 is 17.1 Å². The molecule has 0 heterocycles. The Morgan fingerprint density at radius 1 is 1.20 bits per heavy atom. The highest BCUT2D eigenvalue weighted by molar-refractivity contribution is 7.91. The quantitative estimate of drug-likeness (QED) is 0.460. The van der Waals surface area contributed by atoms with Crippen LogP contribution in [0.15, 0.2) is 22.6 Å². The second kappa shape index (κ2) is 5.73. The van der Waals surface area contributed by atoms with Crippen LogP contribution in [0.3, 0.4) is 0 Å². The lowest BCUT2D eigenvalue weighted by molar-refractivity contribution is -0.140. The molecule has 0 amide bonds. The number of rotatable bonds is 2. The molecule has 1 aromatic carbocycles. The third-order valence-electron chi connectivity index (χ3n) is 2.44. The van der Waals surface area contributed by atoms with Crippen LogP contribution in [-0.4, -0.2) is 15.0 Å². The van der Waals surface area contributed by atoms with Crippen LogP contribution in [0.5, 0.6) is 0 Å². The van der Waals surface area contributed by atoms with Gasteiger partial charge in [-0.2, -0.15) is 13.2 Å². The first-order valence-corrected chi connectivity index (χ1v) is 6.88. The Bertz CT molecular complexity index is 520. The summed E-state index contributed by atoms with van der Waals surface area (Å²) in [5.41, 5.74) is -1.68. The summed E-state index contributed by atoms with van der Waals surface area (Å²) in [6.45, 7) is 6.34. The lowest BCUT2D eigenvalue weighted by Crippen LogP contribution is -2.27. The van der Waals surface area contributed by atoms with Crippen LogP contribution in [-0.2, 0) is 17.5 Å². The predicted molar refractivity (Wildman–Crippen MR) is 71.5 cm³/mol. The second-order valence-corrected chi connectivity index (χ2v) is 7.11. The van der Waals surface area contributed by atoms with Crippen molar-refractivity contribution in [3.63, 3.8) is 0 Å². The summed E-state index contributed by atoms with van der Waals surface area (Å²) in [5, 5.41) is 0. The van der Waals surface area contributed by atoms with Gasteiger partial charge in [0.15, 0.2) is 0 Å². The van der Waals surface area contributed by atoms with Gasteiger partial charge in [-0.1, -0.05) is 16.5 Å². The molecule has 0 radical (unpaired) electrons. The van der Waals surface area contributed by atoms with Gasteiger partial charge < -0.3 is 4.55 Å². The zero-order valence-electron chi connectivity index (χ0n) is 11.5. The Morgan fingerprint density at radius 2 is 1.75 bits per heavy atom. The minimum atomic E-state index is -4.77. The molecule has 1 aromatic rings. The summed E-state index contributed by atoms with van der Waals surface area (Å²) in [4.78, 5) is 0. The van der Waals surface area contributed by atoms with E-state index in [0.717, 1.165) is 6.07 Å². The Labute approximate surface area is 118 Å². The van der Waals surface area contributed by atoms with Crippen LogP contribution in [0.25, 0.3) is 0 Å². The van der Waals surface area contributed by atoms with Gasteiger partial charge in [0.2, 0.25) is 0 Å². The molecule has 0 aromatic heterocycles. The summed E-state index contributed by atoms with van der Waals surface area (Å²) in [6, 6.07) is 2.94. The summed E-state index contributed by atoms with van der Waals surface area (Å²) in [5.74, 6) is -1.40. The molecule has 0 fully saturated rings. The van der Waals surface area contributed by atoms with Crippen molar-refractivity contribution in [2.45, 2.75) is 38.6 Å². The molecule has 2 nitrogen and oxygen atoms in total. The Balaban J connectivity index is 3.25. The Hall–Kier alpha value is -1.08. The van der Waals surface area contributed by atoms with Crippen LogP contribution in [0, 0.1) is 5.82 Å². The van der Waals surface area contributed by atoms with Crippen molar-refractivity contribution in [1.82, 2.24) is 0 Å².